The Labute approximate surface area is 117 Å². The third kappa shape index (κ3) is 3.48. The summed E-state index contributed by atoms with van der Waals surface area (Å²) in [7, 11) is 2.19. The van der Waals surface area contributed by atoms with Crippen LogP contribution in [-0.4, -0.2) is 37.6 Å². The van der Waals surface area contributed by atoms with Crippen molar-refractivity contribution in [2.45, 2.75) is 38.8 Å². The number of likely N-dealkylation sites (tertiary alicyclic amines) is 1. The highest BCUT2D eigenvalue weighted by atomic mass is 15.2. The van der Waals surface area contributed by atoms with Gasteiger partial charge in [0.15, 0.2) is 0 Å². The van der Waals surface area contributed by atoms with E-state index in [2.05, 4.69) is 48.0 Å². The minimum Gasteiger partial charge on any atom is -0.373 e. The molecule has 2 rings (SSSR count). The minimum atomic E-state index is 0.116. The van der Waals surface area contributed by atoms with Gasteiger partial charge in [0.05, 0.1) is 0 Å². The lowest BCUT2D eigenvalue weighted by molar-refractivity contribution is 0.270. The van der Waals surface area contributed by atoms with Crippen molar-refractivity contribution in [3.05, 3.63) is 29.8 Å². The summed E-state index contributed by atoms with van der Waals surface area (Å²) in [6.07, 6.45) is 2.67. The number of nitrogens with two attached hydrogens (primary N) is 1. The topological polar surface area (TPSA) is 32.5 Å². The Bertz CT molecular complexity index is 385. The smallest absolute Gasteiger partial charge is 0.0364 e. The molecule has 3 heteroatoms. The molecule has 1 aliphatic rings. The number of rotatable bonds is 5. The lowest BCUT2D eigenvalue weighted by Gasteiger charge is -2.29. The van der Waals surface area contributed by atoms with Gasteiger partial charge in [-0.25, -0.2) is 0 Å². The van der Waals surface area contributed by atoms with Crippen LogP contribution >= 0.6 is 0 Å². The molecule has 1 heterocycles. The summed E-state index contributed by atoms with van der Waals surface area (Å²) in [5.41, 5.74) is 8.37. The van der Waals surface area contributed by atoms with Crippen molar-refractivity contribution < 1.29 is 0 Å². The first-order chi connectivity index (χ1) is 9.11. The zero-order valence-corrected chi connectivity index (χ0v) is 12.5. The van der Waals surface area contributed by atoms with Crippen molar-refractivity contribution in [3.63, 3.8) is 0 Å². The summed E-state index contributed by atoms with van der Waals surface area (Å²) in [6.45, 7) is 7.83. The molecule has 0 aromatic heterocycles. The van der Waals surface area contributed by atoms with E-state index >= 15 is 0 Å². The highest BCUT2D eigenvalue weighted by Crippen LogP contribution is 2.21. The second-order valence-electron chi connectivity index (χ2n) is 5.69. The van der Waals surface area contributed by atoms with Crippen LogP contribution in [0.15, 0.2) is 24.3 Å². The summed E-state index contributed by atoms with van der Waals surface area (Å²) in [6, 6.07) is 9.48. The van der Waals surface area contributed by atoms with Crippen LogP contribution in [0.3, 0.4) is 0 Å². The van der Waals surface area contributed by atoms with E-state index in [1.807, 2.05) is 6.92 Å². The van der Waals surface area contributed by atoms with Crippen molar-refractivity contribution in [1.82, 2.24) is 4.90 Å². The average molecular weight is 261 g/mol. The van der Waals surface area contributed by atoms with Crippen molar-refractivity contribution >= 4 is 5.69 Å². The van der Waals surface area contributed by atoms with Crippen LogP contribution in [-0.2, 0) is 0 Å². The minimum absolute atomic E-state index is 0.116. The molecule has 19 heavy (non-hydrogen) atoms. The maximum atomic E-state index is 5.89. The quantitative estimate of drug-likeness (QED) is 0.884. The Hall–Kier alpha value is -1.06. The molecule has 2 N–H and O–H groups in total. The zero-order valence-electron chi connectivity index (χ0n) is 12.5. The summed E-state index contributed by atoms with van der Waals surface area (Å²) >= 11 is 0. The van der Waals surface area contributed by atoms with E-state index in [4.69, 9.17) is 5.73 Å². The molecule has 3 nitrogen and oxygen atoms in total. The second kappa shape index (κ2) is 6.40. The van der Waals surface area contributed by atoms with Gasteiger partial charge in [-0.15, -0.1) is 0 Å². The number of benzene rings is 1. The first-order valence-electron chi connectivity index (χ1n) is 7.42. The van der Waals surface area contributed by atoms with Crippen LogP contribution in [0.25, 0.3) is 0 Å². The fraction of sp³-hybridized carbons (Fsp3) is 0.625. The molecule has 1 aliphatic heterocycles. The summed E-state index contributed by atoms with van der Waals surface area (Å²) in [5.74, 6) is 0. The van der Waals surface area contributed by atoms with Crippen molar-refractivity contribution in [3.8, 4) is 0 Å². The molecule has 106 valence electrons. The molecule has 2 atom stereocenters. The van der Waals surface area contributed by atoms with Gasteiger partial charge in [-0.3, -0.25) is 4.90 Å². The molecule has 0 radical (unpaired) electrons. The molecule has 0 bridgehead atoms. The Morgan fingerprint density at radius 2 is 2.05 bits per heavy atom. The highest BCUT2D eigenvalue weighted by molar-refractivity contribution is 5.47. The molecule has 0 saturated carbocycles. The van der Waals surface area contributed by atoms with Crippen LogP contribution in [0.4, 0.5) is 5.69 Å². The van der Waals surface area contributed by atoms with E-state index in [1.165, 1.54) is 37.2 Å². The second-order valence-corrected chi connectivity index (χ2v) is 5.69. The molecule has 1 unspecified atom stereocenters. The van der Waals surface area contributed by atoms with Gasteiger partial charge in [0, 0.05) is 31.4 Å². The zero-order chi connectivity index (χ0) is 13.8. The third-order valence-electron chi connectivity index (χ3n) is 4.25. The number of hydrogen-bond acceptors (Lipinski definition) is 3. The summed E-state index contributed by atoms with van der Waals surface area (Å²) < 4.78 is 0. The van der Waals surface area contributed by atoms with E-state index in [0.717, 1.165) is 6.54 Å². The van der Waals surface area contributed by atoms with Crippen LogP contribution in [0.1, 0.15) is 38.3 Å². The van der Waals surface area contributed by atoms with Gasteiger partial charge in [-0.1, -0.05) is 19.1 Å². The van der Waals surface area contributed by atoms with Crippen LogP contribution in [0.2, 0.25) is 0 Å². The maximum Gasteiger partial charge on any atom is 0.0364 e. The molecule has 1 fully saturated rings. The standard InChI is InChI=1S/C16H27N3/c1-4-19-11-5-6-16(19)12-18(3)15-9-7-14(8-10-15)13(2)17/h7-10,13,16H,4-6,11-12,17H2,1-3H3/t13-,16?/m1/s1. The molecule has 1 aromatic rings. The first-order valence-corrected chi connectivity index (χ1v) is 7.42. The van der Waals surface area contributed by atoms with Crippen LogP contribution < -0.4 is 10.6 Å². The summed E-state index contributed by atoms with van der Waals surface area (Å²) in [5, 5.41) is 0. The largest absolute Gasteiger partial charge is 0.373 e. The van der Waals surface area contributed by atoms with E-state index in [-0.39, 0.29) is 6.04 Å². The Kier molecular flexibility index (Phi) is 4.83. The van der Waals surface area contributed by atoms with Crippen molar-refractivity contribution in [2.75, 3.05) is 31.6 Å². The van der Waals surface area contributed by atoms with Gasteiger partial charge in [0.1, 0.15) is 0 Å². The SMILES string of the molecule is CCN1CCCC1CN(C)c1ccc([C@@H](C)N)cc1. The van der Waals surface area contributed by atoms with E-state index in [1.54, 1.807) is 0 Å². The van der Waals surface area contributed by atoms with Crippen LogP contribution in [0, 0.1) is 0 Å². The monoisotopic (exact) mass is 261 g/mol. The molecule has 0 amide bonds. The molecule has 1 aromatic carbocycles. The predicted molar refractivity (Wildman–Crippen MR) is 82.6 cm³/mol. The molecular weight excluding hydrogens is 234 g/mol. The average Bonchev–Trinajstić information content (AvgIpc) is 2.86. The number of likely N-dealkylation sites (N-methyl/N-ethyl adjacent to an activating group) is 2. The number of nitrogens with zero attached hydrogens (tertiary/aromatic N) is 2. The van der Waals surface area contributed by atoms with Gasteiger partial charge in [-0.05, 0) is 50.6 Å². The van der Waals surface area contributed by atoms with Gasteiger partial charge in [0.2, 0.25) is 0 Å². The maximum absolute atomic E-state index is 5.89. The predicted octanol–water partition coefficient (Wildman–Crippen LogP) is 2.63. The third-order valence-corrected chi connectivity index (χ3v) is 4.25. The first kappa shape index (κ1) is 14.4. The van der Waals surface area contributed by atoms with Crippen molar-refractivity contribution in [2.24, 2.45) is 5.73 Å². The van der Waals surface area contributed by atoms with Gasteiger partial charge < -0.3 is 10.6 Å². The number of hydrogen-bond donors (Lipinski definition) is 1. The molecule has 0 aliphatic carbocycles. The van der Waals surface area contributed by atoms with E-state index in [9.17, 15) is 0 Å². The molecule has 0 spiro atoms. The van der Waals surface area contributed by atoms with Gasteiger partial charge in [0.25, 0.3) is 0 Å². The fourth-order valence-electron chi connectivity index (χ4n) is 2.97. The number of anilines is 1. The fourth-order valence-corrected chi connectivity index (χ4v) is 2.97. The molecular formula is C16H27N3. The Morgan fingerprint density at radius 1 is 1.37 bits per heavy atom. The lowest BCUT2D eigenvalue weighted by atomic mass is 10.1. The van der Waals surface area contributed by atoms with Gasteiger partial charge >= 0.3 is 0 Å². The van der Waals surface area contributed by atoms with E-state index in [0.29, 0.717) is 6.04 Å². The lowest BCUT2D eigenvalue weighted by Crippen LogP contribution is -2.38. The van der Waals surface area contributed by atoms with Gasteiger partial charge in [-0.2, -0.15) is 0 Å². The normalized spacial score (nSPS) is 21.6. The van der Waals surface area contributed by atoms with Crippen molar-refractivity contribution in [1.29, 1.82) is 0 Å². The van der Waals surface area contributed by atoms with E-state index < -0.39 is 0 Å². The Morgan fingerprint density at radius 3 is 2.63 bits per heavy atom. The van der Waals surface area contributed by atoms with Crippen LogP contribution in [0.5, 0.6) is 0 Å². The molecule has 1 saturated heterocycles. The Balaban J connectivity index is 1.97. The summed E-state index contributed by atoms with van der Waals surface area (Å²) in [4.78, 5) is 4.95. The highest BCUT2D eigenvalue weighted by Gasteiger charge is 2.24.